The summed E-state index contributed by atoms with van der Waals surface area (Å²) >= 11 is 1.38. The van der Waals surface area contributed by atoms with E-state index in [-0.39, 0.29) is 29.6 Å². The maximum absolute atomic E-state index is 12.7. The molecular formula is C22H22N8O3S. The van der Waals surface area contributed by atoms with Gasteiger partial charge in [-0.2, -0.15) is 9.61 Å². The predicted octanol–water partition coefficient (Wildman–Crippen LogP) is -0.118. The van der Waals surface area contributed by atoms with E-state index in [1.165, 1.54) is 11.3 Å². The number of hydrogen-bond acceptors (Lipinski definition) is 8. The summed E-state index contributed by atoms with van der Waals surface area (Å²) < 4.78 is 1.66. The third kappa shape index (κ3) is 4.01. The molecule has 4 aromatic heterocycles. The number of imidazole rings is 1. The zero-order chi connectivity index (χ0) is 23.2. The van der Waals surface area contributed by atoms with Crippen molar-refractivity contribution in [2.45, 2.75) is 31.3 Å². The van der Waals surface area contributed by atoms with Gasteiger partial charge < -0.3 is 20.7 Å². The van der Waals surface area contributed by atoms with E-state index in [1.807, 2.05) is 17.5 Å². The van der Waals surface area contributed by atoms with Crippen LogP contribution in [-0.4, -0.2) is 60.8 Å². The van der Waals surface area contributed by atoms with Gasteiger partial charge in [0.05, 0.1) is 22.8 Å². The Balaban J connectivity index is 1.43. The van der Waals surface area contributed by atoms with Crippen LogP contribution in [0.25, 0.3) is 23.0 Å². The van der Waals surface area contributed by atoms with Gasteiger partial charge in [-0.25, -0.2) is 9.78 Å². The minimum Gasteiger partial charge on any atom is -0.493 e. The summed E-state index contributed by atoms with van der Waals surface area (Å²) in [4.78, 5) is 39.2. The molecule has 0 spiro atoms. The molecule has 5 N–H and O–H groups in total. The summed E-state index contributed by atoms with van der Waals surface area (Å²) in [5.41, 5.74) is 2.43. The number of nitrogens with one attached hydrogen (secondary N) is 4. The number of amides is 1. The number of aromatic amines is 2. The third-order valence-electron chi connectivity index (χ3n) is 5.89. The van der Waals surface area contributed by atoms with Gasteiger partial charge in [0.25, 0.3) is 5.91 Å². The van der Waals surface area contributed by atoms with Crippen LogP contribution in [0.3, 0.4) is 0 Å². The van der Waals surface area contributed by atoms with Gasteiger partial charge in [-0.15, -0.1) is 11.3 Å². The first kappa shape index (κ1) is 20.8. The number of hydrogen-bond donors (Lipinski definition) is 5. The number of nitrogens with zero attached hydrogens (tertiary/aromatic N) is 4. The maximum atomic E-state index is 12.7. The molecule has 1 amide bonds. The Morgan fingerprint density at radius 1 is 1.29 bits per heavy atom. The molecule has 1 saturated heterocycles. The van der Waals surface area contributed by atoms with Crippen LogP contribution >= 0.6 is 11.3 Å². The SMILES string of the molecule is O=C(NC1CCNC1)c1cc(-c2cc(=NC3CC3)n3nc/c(=C\c4[nH]c(=O)[nH]c4O)c3n2)cs1. The molecule has 1 saturated carbocycles. The summed E-state index contributed by atoms with van der Waals surface area (Å²) in [7, 11) is 0. The number of fused-ring (bicyclic) bond motifs is 1. The fraction of sp³-hybridized carbons (Fsp3) is 0.318. The van der Waals surface area contributed by atoms with Gasteiger partial charge in [-0.3, -0.25) is 14.8 Å². The first-order valence-electron chi connectivity index (χ1n) is 11.1. The Morgan fingerprint density at radius 3 is 2.91 bits per heavy atom. The van der Waals surface area contributed by atoms with Gasteiger partial charge in [0.2, 0.25) is 5.88 Å². The van der Waals surface area contributed by atoms with E-state index in [9.17, 15) is 14.7 Å². The van der Waals surface area contributed by atoms with E-state index in [1.54, 1.807) is 16.8 Å². The standard InChI is InChI=1S/C22H22N8O3S/c31-20-16(28-22(33)29-20)5-11-8-24-30-18(25-13-1-2-13)7-15(27-19(11)30)12-6-17(34-10-12)21(32)26-14-3-4-23-9-14/h5-8,10,13-14,23,31H,1-4,9H2,(H,26,32)(H2,28,29,33)/b11-5+,25-18?. The van der Waals surface area contributed by atoms with E-state index in [0.717, 1.165) is 37.9 Å². The molecule has 4 aromatic rings. The zero-order valence-corrected chi connectivity index (χ0v) is 18.9. The molecule has 0 radical (unpaired) electrons. The number of carbonyl (C=O) groups excluding carboxylic acids is 1. The molecular weight excluding hydrogens is 456 g/mol. The topological polar surface area (TPSA) is 153 Å². The van der Waals surface area contributed by atoms with Crippen LogP contribution in [-0.2, 0) is 0 Å². The van der Waals surface area contributed by atoms with E-state index in [0.29, 0.717) is 26.9 Å². The van der Waals surface area contributed by atoms with Gasteiger partial charge in [-0.05, 0) is 37.9 Å². The molecule has 174 valence electrons. The molecule has 1 aliphatic heterocycles. The molecule has 11 nitrogen and oxygen atoms in total. The van der Waals surface area contributed by atoms with Crippen molar-refractivity contribution in [1.29, 1.82) is 0 Å². The Labute approximate surface area is 196 Å². The number of carbonyl (C=O) groups is 1. The number of aromatic nitrogens is 5. The number of H-pyrrole nitrogens is 2. The van der Waals surface area contributed by atoms with Crippen LogP contribution in [0, 0.1) is 0 Å². The minimum atomic E-state index is -0.504. The maximum Gasteiger partial charge on any atom is 0.326 e. The van der Waals surface area contributed by atoms with Crippen molar-refractivity contribution in [2.75, 3.05) is 13.1 Å². The molecule has 12 heteroatoms. The highest BCUT2D eigenvalue weighted by Crippen LogP contribution is 2.25. The molecule has 5 heterocycles. The van der Waals surface area contributed by atoms with Crippen molar-refractivity contribution in [1.82, 2.24) is 35.2 Å². The van der Waals surface area contributed by atoms with Gasteiger partial charge in [0.15, 0.2) is 11.1 Å². The fourth-order valence-corrected chi connectivity index (χ4v) is 4.77. The van der Waals surface area contributed by atoms with Crippen molar-refractivity contribution in [3.05, 3.63) is 55.5 Å². The lowest BCUT2D eigenvalue weighted by molar-refractivity contribution is 0.0944. The van der Waals surface area contributed by atoms with Crippen LogP contribution in [0.1, 0.15) is 34.6 Å². The Morgan fingerprint density at radius 2 is 2.18 bits per heavy atom. The first-order chi connectivity index (χ1) is 16.5. The van der Waals surface area contributed by atoms with Gasteiger partial charge in [0, 0.05) is 34.8 Å². The zero-order valence-electron chi connectivity index (χ0n) is 18.0. The molecule has 1 atom stereocenters. The van der Waals surface area contributed by atoms with Crippen LogP contribution in [0.5, 0.6) is 5.88 Å². The second-order valence-electron chi connectivity index (χ2n) is 8.54. The number of aromatic hydroxyl groups is 1. The van der Waals surface area contributed by atoms with Crippen molar-refractivity contribution >= 4 is 29.0 Å². The Kier molecular flexibility index (Phi) is 5.03. The lowest BCUT2D eigenvalue weighted by Gasteiger charge is -2.09. The predicted molar refractivity (Wildman–Crippen MR) is 125 cm³/mol. The monoisotopic (exact) mass is 478 g/mol. The van der Waals surface area contributed by atoms with E-state index in [4.69, 9.17) is 9.98 Å². The number of thiophene rings is 1. The lowest BCUT2D eigenvalue weighted by atomic mass is 10.2. The molecule has 2 fully saturated rings. The normalized spacial score (nSPS) is 19.4. The summed E-state index contributed by atoms with van der Waals surface area (Å²) in [6.07, 6.45) is 6.23. The first-order valence-corrected chi connectivity index (χ1v) is 12.0. The van der Waals surface area contributed by atoms with E-state index < -0.39 is 5.69 Å². The minimum absolute atomic E-state index is 0.0841. The summed E-state index contributed by atoms with van der Waals surface area (Å²) in [5, 5.41) is 23.2. The largest absolute Gasteiger partial charge is 0.493 e. The molecule has 6 rings (SSSR count). The van der Waals surface area contributed by atoms with Crippen LogP contribution in [0.15, 0.2) is 33.5 Å². The van der Waals surface area contributed by atoms with Crippen molar-refractivity contribution in [3.63, 3.8) is 0 Å². The summed E-state index contributed by atoms with van der Waals surface area (Å²) in [5.74, 6) is -0.339. The van der Waals surface area contributed by atoms with Crippen LogP contribution < -0.4 is 27.0 Å². The second-order valence-corrected chi connectivity index (χ2v) is 9.45. The quantitative estimate of drug-likeness (QED) is 0.270. The van der Waals surface area contributed by atoms with E-state index in [2.05, 4.69) is 25.7 Å². The Bertz CT molecular complexity index is 1570. The van der Waals surface area contributed by atoms with Gasteiger partial charge in [0.1, 0.15) is 5.69 Å². The van der Waals surface area contributed by atoms with Crippen LogP contribution in [0.2, 0.25) is 0 Å². The van der Waals surface area contributed by atoms with Gasteiger partial charge in [-0.1, -0.05) is 0 Å². The molecule has 0 aromatic carbocycles. The molecule has 0 bridgehead atoms. The van der Waals surface area contributed by atoms with Crippen molar-refractivity contribution < 1.29 is 9.90 Å². The Hall–Kier alpha value is -3.77. The highest BCUT2D eigenvalue weighted by atomic mass is 32.1. The highest BCUT2D eigenvalue weighted by molar-refractivity contribution is 7.12. The lowest BCUT2D eigenvalue weighted by Crippen LogP contribution is -2.35. The van der Waals surface area contributed by atoms with Crippen molar-refractivity contribution in [2.24, 2.45) is 4.99 Å². The number of rotatable bonds is 5. The average molecular weight is 479 g/mol. The molecule has 1 aliphatic carbocycles. The van der Waals surface area contributed by atoms with Crippen LogP contribution in [0.4, 0.5) is 0 Å². The highest BCUT2D eigenvalue weighted by Gasteiger charge is 2.21. The third-order valence-corrected chi connectivity index (χ3v) is 6.82. The van der Waals surface area contributed by atoms with Gasteiger partial charge >= 0.3 is 5.69 Å². The van der Waals surface area contributed by atoms with E-state index >= 15 is 0 Å². The average Bonchev–Trinajstić information content (AvgIpc) is 3.24. The molecule has 1 unspecified atom stereocenters. The molecule has 2 aliphatic rings. The molecule has 34 heavy (non-hydrogen) atoms. The smallest absolute Gasteiger partial charge is 0.326 e. The summed E-state index contributed by atoms with van der Waals surface area (Å²) in [6.45, 7) is 1.70. The second kappa shape index (κ2) is 8.22. The fourth-order valence-electron chi connectivity index (χ4n) is 3.97. The van der Waals surface area contributed by atoms with Crippen molar-refractivity contribution in [3.8, 4) is 17.1 Å². The summed E-state index contributed by atoms with van der Waals surface area (Å²) in [6, 6.07) is 4.14.